The largest absolute Gasteiger partial charge is 0.417 e. The number of pyridine rings is 1. The number of nitrogens with zero attached hydrogens (tertiary/aromatic N) is 1. The molecule has 2 aromatic rings. The first kappa shape index (κ1) is 16.8. The van der Waals surface area contributed by atoms with Crippen LogP contribution in [0.2, 0.25) is 0 Å². The van der Waals surface area contributed by atoms with E-state index in [1.807, 2.05) is 12.1 Å². The lowest BCUT2D eigenvalue weighted by Gasteiger charge is -2.09. The fourth-order valence-corrected chi connectivity index (χ4v) is 2.14. The second kappa shape index (κ2) is 7.13. The molecule has 1 amide bonds. The van der Waals surface area contributed by atoms with Crippen molar-refractivity contribution in [3.05, 3.63) is 59.3 Å². The monoisotopic (exact) mass is 323 g/mol. The van der Waals surface area contributed by atoms with Crippen molar-refractivity contribution in [1.29, 1.82) is 0 Å². The van der Waals surface area contributed by atoms with Gasteiger partial charge in [0, 0.05) is 18.3 Å². The molecule has 0 bridgehead atoms. The van der Waals surface area contributed by atoms with Crippen LogP contribution in [0.5, 0.6) is 0 Å². The maximum atomic E-state index is 12.4. The molecule has 7 heteroatoms. The molecule has 0 unspecified atom stereocenters. The van der Waals surface area contributed by atoms with Crippen molar-refractivity contribution in [3.63, 3.8) is 0 Å². The van der Waals surface area contributed by atoms with Gasteiger partial charge in [0.25, 0.3) is 0 Å². The number of primary amides is 1. The van der Waals surface area contributed by atoms with Crippen LogP contribution in [-0.2, 0) is 12.6 Å². The molecule has 2 rings (SSSR count). The standard InChI is InChI=1S/C16H16F3N3O/c17-16(18,19)12-7-8-14(22-10-12)21-9-3-5-11-4-1-2-6-13(11)15(20)23/h1-2,4,6-8,10H,3,5,9H2,(H2,20,23)(H,21,22). The van der Waals surface area contributed by atoms with Gasteiger partial charge in [-0.05, 0) is 36.6 Å². The fourth-order valence-electron chi connectivity index (χ4n) is 2.14. The number of benzene rings is 1. The van der Waals surface area contributed by atoms with Crippen LogP contribution in [0.15, 0.2) is 42.6 Å². The van der Waals surface area contributed by atoms with Crippen LogP contribution in [0, 0.1) is 0 Å². The summed E-state index contributed by atoms with van der Waals surface area (Å²) < 4.78 is 37.3. The summed E-state index contributed by atoms with van der Waals surface area (Å²) in [6.45, 7) is 0.519. The summed E-state index contributed by atoms with van der Waals surface area (Å²) in [5, 5.41) is 2.95. The number of amides is 1. The third-order valence-electron chi connectivity index (χ3n) is 3.30. The highest BCUT2D eigenvalue weighted by Crippen LogP contribution is 2.28. The number of nitrogens with two attached hydrogens (primary N) is 1. The van der Waals surface area contributed by atoms with Gasteiger partial charge in [0.05, 0.1) is 5.56 Å². The lowest BCUT2D eigenvalue weighted by atomic mass is 10.0. The predicted molar refractivity (Wildman–Crippen MR) is 81.0 cm³/mol. The molecule has 1 aromatic carbocycles. The molecule has 1 aromatic heterocycles. The second-order valence-corrected chi connectivity index (χ2v) is 4.98. The minimum atomic E-state index is -4.38. The highest BCUT2D eigenvalue weighted by atomic mass is 19.4. The summed E-state index contributed by atoms with van der Waals surface area (Å²) in [7, 11) is 0. The third-order valence-corrected chi connectivity index (χ3v) is 3.30. The van der Waals surface area contributed by atoms with Gasteiger partial charge < -0.3 is 11.1 Å². The number of hydrogen-bond acceptors (Lipinski definition) is 3. The van der Waals surface area contributed by atoms with E-state index in [1.54, 1.807) is 12.1 Å². The van der Waals surface area contributed by atoms with Gasteiger partial charge in [-0.25, -0.2) is 4.98 Å². The van der Waals surface area contributed by atoms with Crippen LogP contribution in [0.1, 0.15) is 27.9 Å². The molecule has 0 fully saturated rings. The van der Waals surface area contributed by atoms with Crippen molar-refractivity contribution in [2.75, 3.05) is 11.9 Å². The number of carbonyl (C=O) groups excluding carboxylic acids is 1. The molecule has 0 aliphatic carbocycles. The minimum absolute atomic E-state index is 0.376. The molecule has 0 aliphatic rings. The maximum Gasteiger partial charge on any atom is 0.417 e. The molecule has 0 radical (unpaired) electrons. The van der Waals surface area contributed by atoms with E-state index in [0.29, 0.717) is 30.8 Å². The van der Waals surface area contributed by atoms with Crippen molar-refractivity contribution in [2.24, 2.45) is 5.73 Å². The molecule has 0 atom stereocenters. The zero-order valence-corrected chi connectivity index (χ0v) is 12.2. The Bertz CT molecular complexity index is 669. The van der Waals surface area contributed by atoms with Gasteiger partial charge in [0.15, 0.2) is 0 Å². The molecule has 23 heavy (non-hydrogen) atoms. The van der Waals surface area contributed by atoms with E-state index in [-0.39, 0.29) is 0 Å². The van der Waals surface area contributed by atoms with Gasteiger partial charge in [0.1, 0.15) is 5.82 Å². The summed E-state index contributed by atoms with van der Waals surface area (Å²) in [5.41, 5.74) is 5.86. The fraction of sp³-hybridized carbons (Fsp3) is 0.250. The molecule has 0 aliphatic heterocycles. The maximum absolute atomic E-state index is 12.4. The highest BCUT2D eigenvalue weighted by molar-refractivity contribution is 5.94. The number of rotatable bonds is 6. The number of aromatic nitrogens is 1. The van der Waals surface area contributed by atoms with Crippen molar-refractivity contribution < 1.29 is 18.0 Å². The van der Waals surface area contributed by atoms with Crippen molar-refractivity contribution >= 4 is 11.7 Å². The Morgan fingerprint density at radius 1 is 1.17 bits per heavy atom. The predicted octanol–water partition coefficient (Wildman–Crippen LogP) is 3.24. The van der Waals surface area contributed by atoms with Gasteiger partial charge in [0.2, 0.25) is 5.91 Å². The Hall–Kier alpha value is -2.57. The lowest BCUT2D eigenvalue weighted by molar-refractivity contribution is -0.137. The van der Waals surface area contributed by atoms with Gasteiger partial charge in [-0.15, -0.1) is 0 Å². The Morgan fingerprint density at radius 3 is 2.52 bits per heavy atom. The Labute approximate surface area is 131 Å². The quantitative estimate of drug-likeness (QED) is 0.802. The van der Waals surface area contributed by atoms with Crippen LogP contribution in [0.25, 0.3) is 0 Å². The zero-order valence-electron chi connectivity index (χ0n) is 12.2. The van der Waals surface area contributed by atoms with Crippen molar-refractivity contribution in [1.82, 2.24) is 4.98 Å². The van der Waals surface area contributed by atoms with E-state index in [0.717, 1.165) is 17.8 Å². The summed E-state index contributed by atoms with van der Waals surface area (Å²) >= 11 is 0. The molecule has 122 valence electrons. The highest BCUT2D eigenvalue weighted by Gasteiger charge is 2.30. The summed E-state index contributed by atoms with van der Waals surface area (Å²) in [6, 6.07) is 9.34. The average molecular weight is 323 g/mol. The van der Waals surface area contributed by atoms with Crippen LogP contribution in [0.4, 0.5) is 19.0 Å². The first-order valence-corrected chi connectivity index (χ1v) is 7.03. The van der Waals surface area contributed by atoms with Crippen LogP contribution in [0.3, 0.4) is 0 Å². The molecular formula is C16H16F3N3O. The Morgan fingerprint density at radius 2 is 1.91 bits per heavy atom. The van der Waals surface area contributed by atoms with E-state index in [4.69, 9.17) is 5.73 Å². The van der Waals surface area contributed by atoms with Gasteiger partial charge in [-0.1, -0.05) is 18.2 Å². The van der Waals surface area contributed by atoms with Crippen LogP contribution in [-0.4, -0.2) is 17.4 Å². The molecule has 0 saturated heterocycles. The number of carbonyl (C=O) groups is 1. The average Bonchev–Trinajstić information content (AvgIpc) is 2.51. The van der Waals surface area contributed by atoms with E-state index in [1.165, 1.54) is 6.07 Å². The van der Waals surface area contributed by atoms with Crippen LogP contribution >= 0.6 is 0 Å². The first-order chi connectivity index (χ1) is 10.9. The Kier molecular flexibility index (Phi) is 5.20. The summed E-state index contributed by atoms with van der Waals surface area (Å²) in [4.78, 5) is 15.0. The molecule has 4 nitrogen and oxygen atoms in total. The summed E-state index contributed by atoms with van der Waals surface area (Å²) in [6.07, 6.45) is -2.27. The number of anilines is 1. The third kappa shape index (κ3) is 4.70. The number of aryl methyl sites for hydroxylation is 1. The molecule has 3 N–H and O–H groups in total. The van der Waals surface area contributed by atoms with E-state index >= 15 is 0 Å². The van der Waals surface area contributed by atoms with E-state index < -0.39 is 17.6 Å². The number of halogens is 3. The SMILES string of the molecule is NC(=O)c1ccccc1CCCNc1ccc(C(F)(F)F)cn1. The lowest BCUT2D eigenvalue weighted by Crippen LogP contribution is -2.14. The van der Waals surface area contributed by atoms with Crippen molar-refractivity contribution in [3.8, 4) is 0 Å². The van der Waals surface area contributed by atoms with Gasteiger partial charge >= 0.3 is 6.18 Å². The second-order valence-electron chi connectivity index (χ2n) is 4.98. The number of alkyl halides is 3. The molecule has 1 heterocycles. The molecule has 0 spiro atoms. The Balaban J connectivity index is 1.85. The number of hydrogen-bond donors (Lipinski definition) is 2. The summed E-state index contributed by atoms with van der Waals surface area (Å²) in [5.74, 6) is -0.0980. The van der Waals surface area contributed by atoms with Gasteiger partial charge in [-0.3, -0.25) is 4.79 Å². The normalized spacial score (nSPS) is 11.3. The van der Waals surface area contributed by atoms with Gasteiger partial charge in [-0.2, -0.15) is 13.2 Å². The van der Waals surface area contributed by atoms with Crippen molar-refractivity contribution in [2.45, 2.75) is 19.0 Å². The zero-order chi connectivity index (χ0) is 16.9. The topological polar surface area (TPSA) is 68.0 Å². The first-order valence-electron chi connectivity index (χ1n) is 7.03. The van der Waals surface area contributed by atoms with E-state index in [9.17, 15) is 18.0 Å². The number of nitrogens with one attached hydrogen (secondary N) is 1. The van der Waals surface area contributed by atoms with Crippen LogP contribution < -0.4 is 11.1 Å². The molecular weight excluding hydrogens is 307 g/mol. The minimum Gasteiger partial charge on any atom is -0.370 e. The molecule has 0 saturated carbocycles. The van der Waals surface area contributed by atoms with E-state index in [2.05, 4.69) is 10.3 Å². The smallest absolute Gasteiger partial charge is 0.370 e.